The first-order chi connectivity index (χ1) is 8.61. The van der Waals surface area contributed by atoms with E-state index in [9.17, 15) is 4.39 Å². The fourth-order valence-corrected chi connectivity index (χ4v) is 2.34. The van der Waals surface area contributed by atoms with E-state index < -0.39 is 5.82 Å². The highest BCUT2D eigenvalue weighted by Gasteiger charge is 2.19. The van der Waals surface area contributed by atoms with E-state index in [1.807, 2.05) is 0 Å². The van der Waals surface area contributed by atoms with Crippen LogP contribution in [0.3, 0.4) is 0 Å². The van der Waals surface area contributed by atoms with Gasteiger partial charge in [-0.15, -0.1) is 0 Å². The highest BCUT2D eigenvalue weighted by Crippen LogP contribution is 2.30. The monoisotopic (exact) mass is 273 g/mol. The van der Waals surface area contributed by atoms with Gasteiger partial charge < -0.3 is 15.7 Å². The topological polar surface area (TPSA) is 52.7 Å². The molecule has 1 heterocycles. The quantitative estimate of drug-likeness (QED) is 0.812. The van der Waals surface area contributed by atoms with Gasteiger partial charge in [0.15, 0.2) is 0 Å². The predicted molar refractivity (Wildman–Crippen MR) is 71.6 cm³/mol. The van der Waals surface area contributed by atoms with Crippen LogP contribution in [0.5, 0.6) is 0 Å². The number of β-amino-alcohol motifs (C(OH)–C–C–N with tert-alkyl or cyclic N) is 1. The molecule has 1 aromatic rings. The third-order valence-corrected chi connectivity index (χ3v) is 3.49. The van der Waals surface area contributed by atoms with Crippen LogP contribution in [0.4, 0.5) is 15.8 Å². The Balaban J connectivity index is 2.07. The van der Waals surface area contributed by atoms with Gasteiger partial charge in [-0.3, -0.25) is 4.90 Å². The van der Waals surface area contributed by atoms with Crippen LogP contribution in [0.25, 0.3) is 0 Å². The molecule has 0 aliphatic carbocycles. The van der Waals surface area contributed by atoms with Gasteiger partial charge in [0.25, 0.3) is 0 Å². The number of hydrogen-bond donors (Lipinski definition) is 2. The highest BCUT2D eigenvalue weighted by atomic mass is 35.5. The number of aliphatic hydroxyl groups excluding tert-OH is 1. The molecule has 0 amide bonds. The van der Waals surface area contributed by atoms with Crippen LogP contribution in [0.2, 0.25) is 5.02 Å². The number of benzene rings is 1. The lowest BCUT2D eigenvalue weighted by atomic mass is 10.2. The molecule has 2 rings (SSSR count). The van der Waals surface area contributed by atoms with Crippen molar-refractivity contribution < 1.29 is 9.50 Å². The molecular weight excluding hydrogens is 257 g/mol. The molecule has 6 heteroatoms. The Labute approximate surface area is 111 Å². The number of nitrogen functional groups attached to an aromatic ring is 1. The molecule has 1 aliphatic heterocycles. The molecule has 18 heavy (non-hydrogen) atoms. The maximum Gasteiger partial charge on any atom is 0.143 e. The summed E-state index contributed by atoms with van der Waals surface area (Å²) in [5, 5.41) is 8.97. The molecule has 0 aromatic heterocycles. The summed E-state index contributed by atoms with van der Waals surface area (Å²) in [6, 6.07) is 2.84. The van der Waals surface area contributed by atoms with Crippen LogP contribution in [0, 0.1) is 5.82 Å². The molecule has 0 atom stereocenters. The fourth-order valence-electron chi connectivity index (χ4n) is 2.18. The molecular formula is C12H17ClFN3O. The molecule has 0 radical (unpaired) electrons. The van der Waals surface area contributed by atoms with Gasteiger partial charge >= 0.3 is 0 Å². The Morgan fingerprint density at radius 1 is 1.28 bits per heavy atom. The van der Waals surface area contributed by atoms with Crippen LogP contribution < -0.4 is 10.6 Å². The minimum atomic E-state index is -0.489. The van der Waals surface area contributed by atoms with Crippen molar-refractivity contribution in [3.05, 3.63) is 23.0 Å². The van der Waals surface area contributed by atoms with E-state index in [0.29, 0.717) is 12.2 Å². The molecule has 1 saturated heterocycles. The van der Waals surface area contributed by atoms with E-state index >= 15 is 0 Å². The third-order valence-electron chi connectivity index (χ3n) is 3.20. The largest absolute Gasteiger partial charge is 0.397 e. The first-order valence-corrected chi connectivity index (χ1v) is 6.32. The highest BCUT2D eigenvalue weighted by molar-refractivity contribution is 6.31. The lowest BCUT2D eigenvalue weighted by molar-refractivity contribution is 0.189. The summed E-state index contributed by atoms with van der Waals surface area (Å²) in [6.07, 6.45) is 0. The van der Waals surface area contributed by atoms with Crippen molar-refractivity contribution in [3.63, 3.8) is 0 Å². The van der Waals surface area contributed by atoms with Crippen LogP contribution in [-0.4, -0.2) is 49.3 Å². The van der Waals surface area contributed by atoms with Crippen molar-refractivity contribution in [2.24, 2.45) is 0 Å². The van der Waals surface area contributed by atoms with Gasteiger partial charge in [-0.05, 0) is 6.07 Å². The van der Waals surface area contributed by atoms with Gasteiger partial charge in [-0.1, -0.05) is 11.6 Å². The minimum Gasteiger partial charge on any atom is -0.397 e. The number of anilines is 2. The molecule has 4 nitrogen and oxygen atoms in total. The molecule has 3 N–H and O–H groups in total. The zero-order valence-corrected chi connectivity index (χ0v) is 10.8. The second-order valence-electron chi connectivity index (χ2n) is 4.38. The Morgan fingerprint density at radius 2 is 1.94 bits per heavy atom. The summed E-state index contributed by atoms with van der Waals surface area (Å²) in [5.41, 5.74) is 7.01. The van der Waals surface area contributed by atoms with Crippen LogP contribution in [0.1, 0.15) is 0 Å². The summed E-state index contributed by atoms with van der Waals surface area (Å²) in [7, 11) is 0. The number of rotatable bonds is 3. The van der Waals surface area contributed by atoms with Crippen LogP contribution in [0.15, 0.2) is 12.1 Å². The third kappa shape index (κ3) is 2.85. The normalized spacial score (nSPS) is 17.2. The number of nitrogens with two attached hydrogens (primary N) is 1. The first kappa shape index (κ1) is 13.4. The van der Waals surface area contributed by atoms with Gasteiger partial charge in [-0.2, -0.15) is 0 Å². The van der Waals surface area contributed by atoms with Crippen molar-refractivity contribution in [1.29, 1.82) is 0 Å². The number of piperazine rings is 1. The van der Waals surface area contributed by atoms with Crippen LogP contribution >= 0.6 is 11.6 Å². The van der Waals surface area contributed by atoms with Gasteiger partial charge in [-0.25, -0.2) is 4.39 Å². The van der Waals surface area contributed by atoms with Crippen molar-refractivity contribution in [2.45, 2.75) is 0 Å². The molecule has 1 aromatic carbocycles. The van der Waals surface area contributed by atoms with Crippen LogP contribution in [-0.2, 0) is 0 Å². The Hall–Kier alpha value is -1.04. The van der Waals surface area contributed by atoms with Crippen molar-refractivity contribution in [2.75, 3.05) is 50.0 Å². The molecule has 100 valence electrons. The van der Waals surface area contributed by atoms with E-state index in [-0.39, 0.29) is 11.6 Å². The summed E-state index contributed by atoms with van der Waals surface area (Å²) in [6.45, 7) is 4.17. The summed E-state index contributed by atoms with van der Waals surface area (Å²) >= 11 is 5.78. The van der Waals surface area contributed by atoms with Gasteiger partial charge in [0.1, 0.15) is 5.82 Å². The minimum absolute atomic E-state index is 0.0944. The second kappa shape index (κ2) is 5.73. The number of hydrogen-bond acceptors (Lipinski definition) is 4. The molecule has 0 unspecified atom stereocenters. The molecule has 0 spiro atoms. The zero-order valence-electron chi connectivity index (χ0n) is 10.1. The zero-order chi connectivity index (χ0) is 13.1. The second-order valence-corrected chi connectivity index (χ2v) is 4.78. The van der Waals surface area contributed by atoms with E-state index in [2.05, 4.69) is 9.80 Å². The maximum atomic E-state index is 13.2. The first-order valence-electron chi connectivity index (χ1n) is 5.94. The van der Waals surface area contributed by atoms with E-state index in [1.54, 1.807) is 6.07 Å². The molecule has 1 aliphatic rings. The average molecular weight is 274 g/mol. The van der Waals surface area contributed by atoms with Crippen molar-refractivity contribution >= 4 is 23.0 Å². The number of aliphatic hydroxyl groups is 1. The predicted octanol–water partition coefficient (Wildman–Crippen LogP) is 1.18. The van der Waals surface area contributed by atoms with Crippen molar-refractivity contribution in [1.82, 2.24) is 4.90 Å². The Kier molecular flexibility index (Phi) is 4.27. The van der Waals surface area contributed by atoms with Gasteiger partial charge in [0, 0.05) is 38.8 Å². The maximum absolute atomic E-state index is 13.2. The van der Waals surface area contributed by atoms with Crippen molar-refractivity contribution in [3.8, 4) is 0 Å². The van der Waals surface area contributed by atoms with E-state index in [1.165, 1.54) is 6.07 Å². The average Bonchev–Trinajstić information content (AvgIpc) is 2.35. The van der Waals surface area contributed by atoms with Gasteiger partial charge in [0.2, 0.25) is 0 Å². The number of nitrogens with zero attached hydrogens (tertiary/aromatic N) is 2. The smallest absolute Gasteiger partial charge is 0.143 e. The van der Waals surface area contributed by atoms with E-state index in [4.69, 9.17) is 22.4 Å². The fraction of sp³-hybridized carbons (Fsp3) is 0.500. The summed E-state index contributed by atoms with van der Waals surface area (Å²) in [4.78, 5) is 4.27. The lowest BCUT2D eigenvalue weighted by Gasteiger charge is -2.36. The Morgan fingerprint density at radius 3 is 2.56 bits per heavy atom. The standard InChI is InChI=1S/C12H17ClFN3O/c13-9-7-12(11(15)8-10(9)14)17-3-1-16(2-4-17)5-6-18/h7-8,18H,1-6,15H2. The summed E-state index contributed by atoms with van der Waals surface area (Å²) < 4.78 is 13.2. The van der Waals surface area contributed by atoms with Gasteiger partial charge in [0.05, 0.1) is 23.0 Å². The number of halogens is 2. The lowest BCUT2D eigenvalue weighted by Crippen LogP contribution is -2.47. The molecule has 0 saturated carbocycles. The Bertz CT molecular complexity index is 422. The molecule has 0 bridgehead atoms. The van der Waals surface area contributed by atoms with E-state index in [0.717, 1.165) is 31.9 Å². The molecule has 1 fully saturated rings. The SMILES string of the molecule is Nc1cc(F)c(Cl)cc1N1CCN(CCO)CC1. The summed E-state index contributed by atoms with van der Waals surface area (Å²) in [5.74, 6) is -0.489.